The molecule has 0 saturated heterocycles. The van der Waals surface area contributed by atoms with E-state index in [4.69, 9.17) is 4.74 Å². The minimum atomic E-state index is -0.604. The average Bonchev–Trinajstić information content (AvgIpc) is 2.40. The molecule has 2 aromatic carbocycles. The molecule has 0 aliphatic heterocycles. The van der Waals surface area contributed by atoms with E-state index < -0.39 is 6.10 Å². The van der Waals surface area contributed by atoms with Crippen molar-refractivity contribution < 1.29 is 14.2 Å². The van der Waals surface area contributed by atoms with E-state index in [9.17, 15) is 9.50 Å². The van der Waals surface area contributed by atoms with Crippen LogP contribution in [0, 0.1) is 5.82 Å². The Hall–Kier alpha value is -1.39. The molecule has 0 aromatic heterocycles. The molecule has 100 valence electrons. The Balaban J connectivity index is 2.17. The van der Waals surface area contributed by atoms with Crippen molar-refractivity contribution in [3.63, 3.8) is 0 Å². The summed E-state index contributed by atoms with van der Waals surface area (Å²) in [5.74, 6) is 0.290. The summed E-state index contributed by atoms with van der Waals surface area (Å²) in [6.45, 7) is 1.92. The molecule has 0 heterocycles. The molecule has 0 spiro atoms. The van der Waals surface area contributed by atoms with Gasteiger partial charge in [-0.05, 0) is 35.0 Å². The molecule has 0 aliphatic rings. The molecule has 0 aliphatic carbocycles. The number of para-hydroxylation sites is 1. The number of aliphatic hydroxyl groups is 1. The zero-order valence-electron chi connectivity index (χ0n) is 10.4. The first-order valence-electron chi connectivity index (χ1n) is 5.92. The molecule has 4 heteroatoms. The van der Waals surface area contributed by atoms with Crippen molar-refractivity contribution in [3.05, 3.63) is 63.9 Å². The Kier molecular flexibility index (Phi) is 4.56. The number of hydrogen-bond donors (Lipinski definition) is 1. The first-order valence-corrected chi connectivity index (χ1v) is 6.71. The highest BCUT2D eigenvalue weighted by Gasteiger charge is 2.10. The van der Waals surface area contributed by atoms with Crippen molar-refractivity contribution in [1.82, 2.24) is 0 Å². The van der Waals surface area contributed by atoms with Crippen LogP contribution in [0.25, 0.3) is 0 Å². The van der Waals surface area contributed by atoms with Crippen molar-refractivity contribution in [1.29, 1.82) is 0 Å². The second kappa shape index (κ2) is 6.17. The number of aliphatic hydroxyl groups excluding tert-OH is 1. The lowest BCUT2D eigenvalue weighted by Crippen LogP contribution is -2.02. The summed E-state index contributed by atoms with van der Waals surface area (Å²) in [4.78, 5) is 0. The van der Waals surface area contributed by atoms with Gasteiger partial charge in [0.25, 0.3) is 0 Å². The van der Waals surface area contributed by atoms with Crippen LogP contribution in [-0.2, 0) is 6.61 Å². The van der Waals surface area contributed by atoms with Crippen LogP contribution >= 0.6 is 15.9 Å². The zero-order valence-corrected chi connectivity index (χ0v) is 12.0. The third-order valence-corrected chi connectivity index (χ3v) is 3.67. The molecule has 0 amide bonds. The standard InChI is InChI=1S/C15H14BrFO2/c1-10(18)12-6-2-3-8-14(12)19-9-11-5-4-7-13(17)15(11)16/h2-8,10,18H,9H2,1H3/t10-/m1/s1. The number of halogens is 2. The molecule has 0 radical (unpaired) electrons. The largest absolute Gasteiger partial charge is 0.488 e. The molecule has 2 rings (SSSR count). The van der Waals surface area contributed by atoms with Crippen molar-refractivity contribution in [2.45, 2.75) is 19.6 Å². The lowest BCUT2D eigenvalue weighted by Gasteiger charge is -2.14. The number of benzene rings is 2. The van der Waals surface area contributed by atoms with E-state index in [1.165, 1.54) is 6.07 Å². The first-order chi connectivity index (χ1) is 9.09. The van der Waals surface area contributed by atoms with Gasteiger partial charge in [0, 0.05) is 11.1 Å². The van der Waals surface area contributed by atoms with E-state index in [2.05, 4.69) is 15.9 Å². The second-order valence-corrected chi connectivity index (χ2v) is 5.01. The third-order valence-electron chi connectivity index (χ3n) is 2.78. The number of ether oxygens (including phenoxy) is 1. The maximum Gasteiger partial charge on any atom is 0.137 e. The summed E-state index contributed by atoms with van der Waals surface area (Å²) in [7, 11) is 0. The Morgan fingerprint density at radius 2 is 1.95 bits per heavy atom. The van der Waals surface area contributed by atoms with E-state index >= 15 is 0 Å². The fourth-order valence-corrected chi connectivity index (χ4v) is 2.15. The third kappa shape index (κ3) is 3.33. The summed E-state index contributed by atoms with van der Waals surface area (Å²) in [5.41, 5.74) is 1.44. The predicted octanol–water partition coefficient (Wildman–Crippen LogP) is 4.22. The second-order valence-electron chi connectivity index (χ2n) is 4.22. The van der Waals surface area contributed by atoms with Gasteiger partial charge in [-0.15, -0.1) is 0 Å². The molecule has 0 saturated carbocycles. The van der Waals surface area contributed by atoms with Crippen molar-refractivity contribution in [2.75, 3.05) is 0 Å². The van der Waals surface area contributed by atoms with Gasteiger partial charge in [0.2, 0.25) is 0 Å². The molecule has 2 nitrogen and oxygen atoms in total. The van der Waals surface area contributed by atoms with Crippen LogP contribution in [0.5, 0.6) is 5.75 Å². The molecule has 2 aromatic rings. The van der Waals surface area contributed by atoms with Crippen LogP contribution in [-0.4, -0.2) is 5.11 Å². The maximum atomic E-state index is 13.4. The van der Waals surface area contributed by atoms with Gasteiger partial charge in [-0.3, -0.25) is 0 Å². The number of rotatable bonds is 4. The fraction of sp³-hybridized carbons (Fsp3) is 0.200. The molecule has 0 unspecified atom stereocenters. The molecule has 0 fully saturated rings. The van der Waals surface area contributed by atoms with E-state index in [1.54, 1.807) is 31.2 Å². The average molecular weight is 325 g/mol. The molecule has 0 bridgehead atoms. The highest BCUT2D eigenvalue weighted by Crippen LogP contribution is 2.27. The minimum Gasteiger partial charge on any atom is -0.488 e. The molecule has 19 heavy (non-hydrogen) atoms. The van der Waals surface area contributed by atoms with Crippen molar-refractivity contribution >= 4 is 15.9 Å². The summed E-state index contributed by atoms with van der Waals surface area (Å²) in [6.07, 6.45) is -0.604. The zero-order chi connectivity index (χ0) is 13.8. The lowest BCUT2D eigenvalue weighted by atomic mass is 10.1. The minimum absolute atomic E-state index is 0.238. The Bertz CT molecular complexity index is 570. The van der Waals surface area contributed by atoms with Crippen LogP contribution in [0.3, 0.4) is 0 Å². The van der Waals surface area contributed by atoms with Gasteiger partial charge in [0.05, 0.1) is 10.6 Å². The molecular weight excluding hydrogens is 311 g/mol. The Labute approximate surface area is 120 Å². The Morgan fingerprint density at radius 1 is 1.21 bits per heavy atom. The van der Waals surface area contributed by atoms with E-state index in [0.717, 1.165) is 11.1 Å². The van der Waals surface area contributed by atoms with Crippen molar-refractivity contribution in [3.8, 4) is 5.75 Å². The van der Waals surface area contributed by atoms with Gasteiger partial charge in [0.15, 0.2) is 0 Å². The Morgan fingerprint density at radius 3 is 2.68 bits per heavy atom. The summed E-state index contributed by atoms with van der Waals surface area (Å²) in [5, 5.41) is 9.65. The first kappa shape index (κ1) is 14.0. The lowest BCUT2D eigenvalue weighted by molar-refractivity contribution is 0.190. The smallest absolute Gasteiger partial charge is 0.137 e. The van der Waals surface area contributed by atoms with Gasteiger partial charge < -0.3 is 9.84 Å². The van der Waals surface area contributed by atoms with E-state index in [1.807, 2.05) is 12.1 Å². The molecule has 1 atom stereocenters. The normalized spacial score (nSPS) is 12.2. The van der Waals surface area contributed by atoms with Gasteiger partial charge >= 0.3 is 0 Å². The number of hydrogen-bond acceptors (Lipinski definition) is 2. The van der Waals surface area contributed by atoms with Crippen LogP contribution in [0.15, 0.2) is 46.9 Å². The van der Waals surface area contributed by atoms with Crippen molar-refractivity contribution in [2.24, 2.45) is 0 Å². The molecular formula is C15H14BrFO2. The summed E-state index contributed by atoms with van der Waals surface area (Å²) >= 11 is 3.20. The van der Waals surface area contributed by atoms with Crippen LogP contribution < -0.4 is 4.74 Å². The van der Waals surface area contributed by atoms with Crippen LogP contribution in [0.4, 0.5) is 4.39 Å². The van der Waals surface area contributed by atoms with Crippen LogP contribution in [0.1, 0.15) is 24.2 Å². The van der Waals surface area contributed by atoms with Crippen LogP contribution in [0.2, 0.25) is 0 Å². The van der Waals surface area contributed by atoms with Gasteiger partial charge in [0.1, 0.15) is 18.2 Å². The summed E-state index contributed by atoms with van der Waals surface area (Å²) in [6, 6.07) is 12.1. The van der Waals surface area contributed by atoms with E-state index in [-0.39, 0.29) is 12.4 Å². The van der Waals surface area contributed by atoms with E-state index in [0.29, 0.717) is 10.2 Å². The van der Waals surface area contributed by atoms with Gasteiger partial charge in [-0.25, -0.2) is 4.39 Å². The monoisotopic (exact) mass is 324 g/mol. The predicted molar refractivity (Wildman–Crippen MR) is 75.5 cm³/mol. The van der Waals surface area contributed by atoms with Gasteiger partial charge in [-0.1, -0.05) is 30.3 Å². The topological polar surface area (TPSA) is 29.5 Å². The fourth-order valence-electron chi connectivity index (χ4n) is 1.77. The SMILES string of the molecule is C[C@@H](O)c1ccccc1OCc1cccc(F)c1Br. The quantitative estimate of drug-likeness (QED) is 0.912. The highest BCUT2D eigenvalue weighted by atomic mass is 79.9. The summed E-state index contributed by atoms with van der Waals surface area (Å²) < 4.78 is 19.4. The van der Waals surface area contributed by atoms with Gasteiger partial charge in [-0.2, -0.15) is 0 Å². The highest BCUT2D eigenvalue weighted by molar-refractivity contribution is 9.10. The molecule has 1 N–H and O–H groups in total. The maximum absolute atomic E-state index is 13.4.